The molecular weight excluding hydrogens is 244 g/mol. The number of halogens is 1. The second kappa shape index (κ2) is 7.13. The minimum Gasteiger partial charge on any atom is -0.326 e. The van der Waals surface area contributed by atoms with Crippen LogP contribution in [0.15, 0.2) is 18.2 Å². The molecule has 0 atom stereocenters. The predicted molar refractivity (Wildman–Crippen MR) is 77.7 cm³/mol. The average molecular weight is 267 g/mol. The molecule has 1 aliphatic rings. The lowest BCUT2D eigenvalue weighted by Crippen LogP contribution is -2.27. The number of benzene rings is 1. The minimum atomic E-state index is 0.559. The van der Waals surface area contributed by atoms with Crippen LogP contribution in [0.3, 0.4) is 0 Å². The average Bonchev–Trinajstić information content (AvgIpc) is 2.34. The molecule has 2 N–H and O–H groups in total. The summed E-state index contributed by atoms with van der Waals surface area (Å²) >= 11 is 6.32. The first-order valence-electron chi connectivity index (χ1n) is 6.99. The lowest BCUT2D eigenvalue weighted by molar-refractivity contribution is 0.240. The Hall–Kier alpha value is -0.570. The summed E-state index contributed by atoms with van der Waals surface area (Å²) in [5, 5.41) is 0.861. The summed E-state index contributed by atoms with van der Waals surface area (Å²) in [5.74, 6) is 0. The number of hydrogen-bond acceptors (Lipinski definition) is 2. The monoisotopic (exact) mass is 266 g/mol. The molecule has 0 spiro atoms. The van der Waals surface area contributed by atoms with E-state index in [4.69, 9.17) is 17.3 Å². The van der Waals surface area contributed by atoms with Crippen LogP contribution in [0.1, 0.15) is 43.2 Å². The van der Waals surface area contributed by atoms with Crippen LogP contribution in [0.5, 0.6) is 0 Å². The van der Waals surface area contributed by atoms with E-state index in [1.165, 1.54) is 50.8 Å². The van der Waals surface area contributed by atoms with Crippen molar-refractivity contribution < 1.29 is 0 Å². The summed E-state index contributed by atoms with van der Waals surface area (Å²) in [4.78, 5) is 2.53. The number of nitrogens with two attached hydrogens (primary N) is 1. The molecule has 1 aliphatic heterocycles. The zero-order valence-corrected chi connectivity index (χ0v) is 11.8. The van der Waals surface area contributed by atoms with Gasteiger partial charge in [0.2, 0.25) is 0 Å². The number of likely N-dealkylation sites (tertiary alicyclic amines) is 1. The number of rotatable bonds is 3. The molecule has 1 fully saturated rings. The Labute approximate surface area is 115 Å². The Balaban J connectivity index is 1.98. The standard InChI is InChI=1S/C15H23ClN2/c16-15-10-13(11-17)6-7-14(15)12-18-8-4-2-1-3-5-9-18/h6-7,10H,1-5,8-9,11-12,17H2. The van der Waals surface area contributed by atoms with E-state index in [0.29, 0.717) is 6.54 Å². The van der Waals surface area contributed by atoms with Crippen LogP contribution in [-0.2, 0) is 13.1 Å². The first-order chi connectivity index (χ1) is 8.79. The molecule has 0 radical (unpaired) electrons. The van der Waals surface area contributed by atoms with Gasteiger partial charge in [-0.1, -0.05) is 43.0 Å². The highest BCUT2D eigenvalue weighted by Gasteiger charge is 2.10. The molecule has 1 saturated heterocycles. The molecule has 0 amide bonds. The third-order valence-electron chi connectivity index (χ3n) is 3.70. The Morgan fingerprint density at radius 3 is 2.33 bits per heavy atom. The second-order valence-corrected chi connectivity index (χ2v) is 5.58. The third-order valence-corrected chi connectivity index (χ3v) is 4.05. The zero-order chi connectivity index (χ0) is 12.8. The van der Waals surface area contributed by atoms with Crippen molar-refractivity contribution in [2.75, 3.05) is 13.1 Å². The van der Waals surface area contributed by atoms with Gasteiger partial charge >= 0.3 is 0 Å². The maximum absolute atomic E-state index is 6.32. The van der Waals surface area contributed by atoms with Crippen molar-refractivity contribution in [1.29, 1.82) is 0 Å². The van der Waals surface area contributed by atoms with Gasteiger partial charge < -0.3 is 5.73 Å². The highest BCUT2D eigenvalue weighted by molar-refractivity contribution is 6.31. The molecule has 18 heavy (non-hydrogen) atoms. The van der Waals surface area contributed by atoms with Gasteiger partial charge in [0, 0.05) is 18.1 Å². The topological polar surface area (TPSA) is 29.3 Å². The maximum Gasteiger partial charge on any atom is 0.0454 e. The summed E-state index contributed by atoms with van der Waals surface area (Å²) in [6, 6.07) is 6.22. The fourth-order valence-corrected chi connectivity index (χ4v) is 2.82. The fourth-order valence-electron chi connectivity index (χ4n) is 2.56. The van der Waals surface area contributed by atoms with Crippen molar-refractivity contribution in [2.24, 2.45) is 5.73 Å². The molecule has 0 aromatic heterocycles. The van der Waals surface area contributed by atoms with Crippen molar-refractivity contribution in [3.8, 4) is 0 Å². The molecule has 1 heterocycles. The van der Waals surface area contributed by atoms with Gasteiger partial charge in [0.05, 0.1) is 0 Å². The molecule has 2 rings (SSSR count). The largest absolute Gasteiger partial charge is 0.326 e. The first kappa shape index (κ1) is 13.9. The van der Waals surface area contributed by atoms with E-state index >= 15 is 0 Å². The molecule has 1 aromatic carbocycles. The SMILES string of the molecule is NCc1ccc(CN2CCCCCCC2)c(Cl)c1. The summed E-state index contributed by atoms with van der Waals surface area (Å²) in [5.41, 5.74) is 7.96. The first-order valence-corrected chi connectivity index (χ1v) is 7.37. The van der Waals surface area contributed by atoms with E-state index in [2.05, 4.69) is 17.0 Å². The van der Waals surface area contributed by atoms with Crippen LogP contribution in [0.2, 0.25) is 5.02 Å². The van der Waals surface area contributed by atoms with Crippen LogP contribution >= 0.6 is 11.6 Å². The predicted octanol–water partition coefficient (Wildman–Crippen LogP) is 3.56. The normalized spacial score (nSPS) is 18.3. The van der Waals surface area contributed by atoms with Gasteiger partial charge in [0.25, 0.3) is 0 Å². The fraction of sp³-hybridized carbons (Fsp3) is 0.600. The lowest BCUT2D eigenvalue weighted by atomic mass is 10.1. The van der Waals surface area contributed by atoms with Crippen molar-refractivity contribution >= 4 is 11.6 Å². The van der Waals surface area contributed by atoms with Gasteiger partial charge in [-0.25, -0.2) is 0 Å². The Kier molecular flexibility index (Phi) is 5.48. The van der Waals surface area contributed by atoms with Crippen LogP contribution in [0, 0.1) is 0 Å². The maximum atomic E-state index is 6.32. The molecule has 0 aliphatic carbocycles. The number of nitrogens with zero attached hydrogens (tertiary/aromatic N) is 1. The van der Waals surface area contributed by atoms with Gasteiger partial charge in [-0.3, -0.25) is 4.90 Å². The minimum absolute atomic E-state index is 0.559. The van der Waals surface area contributed by atoms with Gasteiger partial charge in [0.15, 0.2) is 0 Å². The molecule has 0 bridgehead atoms. The van der Waals surface area contributed by atoms with E-state index in [-0.39, 0.29) is 0 Å². The molecule has 0 saturated carbocycles. The van der Waals surface area contributed by atoms with E-state index in [0.717, 1.165) is 17.1 Å². The number of hydrogen-bond donors (Lipinski definition) is 1. The highest BCUT2D eigenvalue weighted by atomic mass is 35.5. The Morgan fingerprint density at radius 1 is 1.06 bits per heavy atom. The van der Waals surface area contributed by atoms with Crippen molar-refractivity contribution in [3.63, 3.8) is 0 Å². The van der Waals surface area contributed by atoms with Gasteiger partial charge in [-0.05, 0) is 43.1 Å². The zero-order valence-electron chi connectivity index (χ0n) is 11.0. The lowest BCUT2D eigenvalue weighted by Gasteiger charge is -2.25. The molecule has 2 nitrogen and oxygen atoms in total. The molecule has 3 heteroatoms. The van der Waals surface area contributed by atoms with Gasteiger partial charge in [0.1, 0.15) is 0 Å². The summed E-state index contributed by atoms with van der Waals surface area (Å²) in [7, 11) is 0. The van der Waals surface area contributed by atoms with Crippen molar-refractivity contribution in [1.82, 2.24) is 4.90 Å². The van der Waals surface area contributed by atoms with Gasteiger partial charge in [-0.2, -0.15) is 0 Å². The third kappa shape index (κ3) is 3.98. The summed E-state index contributed by atoms with van der Waals surface area (Å²) in [6.45, 7) is 3.94. The molecule has 0 unspecified atom stereocenters. The van der Waals surface area contributed by atoms with Gasteiger partial charge in [-0.15, -0.1) is 0 Å². The molecule has 100 valence electrons. The quantitative estimate of drug-likeness (QED) is 0.906. The Morgan fingerprint density at radius 2 is 1.72 bits per heavy atom. The van der Waals surface area contributed by atoms with E-state index in [1.807, 2.05) is 6.07 Å². The summed E-state index contributed by atoms with van der Waals surface area (Å²) in [6.07, 6.45) is 6.78. The smallest absolute Gasteiger partial charge is 0.0454 e. The van der Waals surface area contributed by atoms with E-state index in [1.54, 1.807) is 0 Å². The highest BCUT2D eigenvalue weighted by Crippen LogP contribution is 2.21. The Bertz CT molecular complexity index is 371. The van der Waals surface area contributed by atoms with E-state index in [9.17, 15) is 0 Å². The summed E-state index contributed by atoms with van der Waals surface area (Å²) < 4.78 is 0. The molecular formula is C15H23ClN2. The van der Waals surface area contributed by atoms with Crippen LogP contribution < -0.4 is 5.73 Å². The van der Waals surface area contributed by atoms with Crippen LogP contribution in [0.25, 0.3) is 0 Å². The van der Waals surface area contributed by atoms with Crippen molar-refractivity contribution in [2.45, 2.75) is 45.2 Å². The van der Waals surface area contributed by atoms with Crippen molar-refractivity contribution in [3.05, 3.63) is 34.3 Å². The van der Waals surface area contributed by atoms with Crippen LogP contribution in [-0.4, -0.2) is 18.0 Å². The molecule has 1 aromatic rings. The van der Waals surface area contributed by atoms with Crippen LogP contribution in [0.4, 0.5) is 0 Å². The van der Waals surface area contributed by atoms with E-state index < -0.39 is 0 Å². The second-order valence-electron chi connectivity index (χ2n) is 5.17.